The summed E-state index contributed by atoms with van der Waals surface area (Å²) in [5, 5.41) is 3.54. The zero-order chi connectivity index (χ0) is 17.6. The van der Waals surface area contributed by atoms with E-state index in [0.29, 0.717) is 17.9 Å². The monoisotopic (exact) mass is 335 g/mol. The topological polar surface area (TPSA) is 68.9 Å². The van der Waals surface area contributed by atoms with Gasteiger partial charge in [-0.2, -0.15) is 0 Å². The molecule has 0 saturated carbocycles. The Labute approximate surface area is 147 Å². The molecule has 25 heavy (non-hydrogen) atoms. The van der Waals surface area contributed by atoms with E-state index >= 15 is 0 Å². The lowest BCUT2D eigenvalue weighted by Gasteiger charge is -2.21. The van der Waals surface area contributed by atoms with Crippen molar-refractivity contribution in [2.75, 3.05) is 14.2 Å². The quantitative estimate of drug-likeness (QED) is 0.829. The van der Waals surface area contributed by atoms with Gasteiger partial charge in [0.25, 0.3) is 0 Å². The second kappa shape index (κ2) is 5.55. The highest BCUT2D eigenvalue weighted by Gasteiger charge is 2.45. The number of hydrogen-bond donors (Lipinski definition) is 2. The summed E-state index contributed by atoms with van der Waals surface area (Å²) in [5.74, 6) is 1.37. The van der Waals surface area contributed by atoms with Crippen LogP contribution in [0, 0.1) is 5.41 Å². The molecule has 0 unspecified atom stereocenters. The van der Waals surface area contributed by atoms with E-state index < -0.39 is 0 Å². The number of hydrogen-bond acceptors (Lipinski definition) is 5. The van der Waals surface area contributed by atoms with Crippen LogP contribution < -0.4 is 11.1 Å². The van der Waals surface area contributed by atoms with Crippen LogP contribution in [0.4, 0.5) is 0 Å². The molecule has 1 atom stereocenters. The van der Waals surface area contributed by atoms with Crippen molar-refractivity contribution in [2.24, 2.45) is 16.1 Å². The first-order valence-electron chi connectivity index (χ1n) is 8.22. The molecule has 4 rings (SSSR count). The molecular weight excluding hydrogens is 314 g/mol. The molecule has 0 saturated heterocycles. The average molecular weight is 335 g/mol. The molecule has 1 aliphatic heterocycles. The molecule has 3 aliphatic carbocycles. The van der Waals surface area contributed by atoms with Gasteiger partial charge in [0.2, 0.25) is 0 Å². The molecule has 2 bridgehead atoms. The van der Waals surface area contributed by atoms with Gasteiger partial charge in [0.05, 0.1) is 19.6 Å². The van der Waals surface area contributed by atoms with E-state index in [4.69, 9.17) is 15.2 Å². The molecule has 0 fully saturated rings. The summed E-state index contributed by atoms with van der Waals surface area (Å²) in [6.45, 7) is 2.13. The molecular formula is C20H21N3O2. The molecule has 0 spiro atoms. The first kappa shape index (κ1) is 15.6. The Morgan fingerprint density at radius 2 is 1.92 bits per heavy atom. The minimum absolute atomic E-state index is 0.0971. The van der Waals surface area contributed by atoms with E-state index in [1.165, 1.54) is 5.57 Å². The maximum Gasteiger partial charge on any atom is 0.162 e. The Hall–Kier alpha value is -2.95. The molecule has 4 aliphatic rings. The Kier molecular flexibility index (Phi) is 3.46. The largest absolute Gasteiger partial charge is 0.493 e. The third-order valence-corrected chi connectivity index (χ3v) is 4.98. The smallest absolute Gasteiger partial charge is 0.162 e. The Balaban J connectivity index is 1.71. The molecule has 1 heterocycles. The van der Waals surface area contributed by atoms with Gasteiger partial charge in [-0.15, -0.1) is 0 Å². The van der Waals surface area contributed by atoms with Crippen LogP contribution >= 0.6 is 0 Å². The van der Waals surface area contributed by atoms with Crippen molar-refractivity contribution in [1.29, 1.82) is 0 Å². The Bertz CT molecular complexity index is 894. The van der Waals surface area contributed by atoms with Crippen LogP contribution in [0.15, 0.2) is 87.4 Å². The number of nitrogens with zero attached hydrogens (tertiary/aromatic N) is 1. The fourth-order valence-electron chi connectivity index (χ4n) is 3.30. The van der Waals surface area contributed by atoms with Gasteiger partial charge < -0.3 is 20.5 Å². The Morgan fingerprint density at radius 1 is 1.16 bits per heavy atom. The number of ether oxygens (including phenoxy) is 2. The average Bonchev–Trinajstić information content (AvgIpc) is 3.37. The van der Waals surface area contributed by atoms with Crippen LogP contribution in [0.5, 0.6) is 0 Å². The summed E-state index contributed by atoms with van der Waals surface area (Å²) < 4.78 is 10.9. The van der Waals surface area contributed by atoms with Gasteiger partial charge in [-0.1, -0.05) is 6.08 Å². The first-order valence-corrected chi connectivity index (χ1v) is 8.22. The van der Waals surface area contributed by atoms with Crippen molar-refractivity contribution in [3.8, 4) is 0 Å². The van der Waals surface area contributed by atoms with Crippen molar-refractivity contribution in [2.45, 2.75) is 13.3 Å². The number of nitrogens with two attached hydrogens (primary N) is 1. The van der Waals surface area contributed by atoms with E-state index in [1.54, 1.807) is 14.2 Å². The van der Waals surface area contributed by atoms with Crippen LogP contribution in [-0.4, -0.2) is 19.9 Å². The fraction of sp³-hybridized carbons (Fsp3) is 0.250. The van der Waals surface area contributed by atoms with Gasteiger partial charge in [-0.05, 0) is 42.4 Å². The van der Waals surface area contributed by atoms with E-state index in [9.17, 15) is 0 Å². The number of fused-ring (bicyclic) bond motifs is 3. The Morgan fingerprint density at radius 3 is 2.68 bits per heavy atom. The third kappa shape index (κ3) is 2.52. The summed E-state index contributed by atoms with van der Waals surface area (Å²) in [7, 11) is 3.28. The van der Waals surface area contributed by atoms with Crippen LogP contribution in [0.25, 0.3) is 0 Å². The van der Waals surface area contributed by atoms with Gasteiger partial charge in [-0.25, -0.2) is 0 Å². The lowest BCUT2D eigenvalue weighted by atomic mass is 9.93. The van der Waals surface area contributed by atoms with Gasteiger partial charge in [0.1, 0.15) is 0 Å². The summed E-state index contributed by atoms with van der Waals surface area (Å²) >= 11 is 0. The van der Waals surface area contributed by atoms with E-state index in [1.807, 2.05) is 36.6 Å². The number of aliphatic imine (C=N–C) groups is 1. The molecule has 0 aromatic heterocycles. The molecule has 0 radical (unpaired) electrons. The normalized spacial score (nSPS) is 26.7. The van der Waals surface area contributed by atoms with Crippen molar-refractivity contribution >= 4 is 5.71 Å². The highest BCUT2D eigenvalue weighted by atomic mass is 16.5. The zero-order valence-corrected chi connectivity index (χ0v) is 14.6. The maximum absolute atomic E-state index is 6.09. The zero-order valence-electron chi connectivity index (χ0n) is 14.6. The van der Waals surface area contributed by atoms with Crippen molar-refractivity contribution in [3.05, 3.63) is 82.4 Å². The van der Waals surface area contributed by atoms with Crippen LogP contribution in [0.1, 0.15) is 13.3 Å². The summed E-state index contributed by atoms with van der Waals surface area (Å²) in [4.78, 5) is 4.51. The summed E-state index contributed by atoms with van der Waals surface area (Å²) in [6.07, 6.45) is 14.6. The van der Waals surface area contributed by atoms with Gasteiger partial charge in [0, 0.05) is 41.5 Å². The number of allylic oxidation sites excluding steroid dienone is 8. The molecule has 5 nitrogen and oxygen atoms in total. The van der Waals surface area contributed by atoms with E-state index in [-0.39, 0.29) is 5.41 Å². The number of rotatable bonds is 4. The third-order valence-electron chi connectivity index (χ3n) is 4.98. The van der Waals surface area contributed by atoms with Gasteiger partial charge in [-0.3, -0.25) is 4.99 Å². The second-order valence-electron chi connectivity index (χ2n) is 6.57. The lowest BCUT2D eigenvalue weighted by molar-refractivity contribution is 0.221. The molecule has 0 amide bonds. The predicted molar refractivity (Wildman–Crippen MR) is 98.1 cm³/mol. The van der Waals surface area contributed by atoms with Gasteiger partial charge >= 0.3 is 0 Å². The highest BCUT2D eigenvalue weighted by Crippen LogP contribution is 2.53. The van der Waals surface area contributed by atoms with Crippen molar-refractivity contribution < 1.29 is 9.47 Å². The van der Waals surface area contributed by atoms with Crippen molar-refractivity contribution in [3.63, 3.8) is 0 Å². The van der Waals surface area contributed by atoms with Crippen molar-refractivity contribution in [1.82, 2.24) is 5.32 Å². The maximum atomic E-state index is 6.09. The predicted octanol–water partition coefficient (Wildman–Crippen LogP) is 2.95. The van der Waals surface area contributed by atoms with Crippen LogP contribution in [0.3, 0.4) is 0 Å². The van der Waals surface area contributed by atoms with E-state index in [0.717, 1.165) is 28.4 Å². The molecule has 0 aromatic rings. The standard InChI is InChI=1S/C20H21N3O2/c1-20-11-14(20)16(4-5-19(20)21)23-15-6-7-22-13-8-12(15)9-17(24-2)18(10-13)25-3/h4-7,9-11,23H,8,21H2,1-3H3/t20-/m1/s1. The second-order valence-corrected chi connectivity index (χ2v) is 6.57. The summed E-state index contributed by atoms with van der Waals surface area (Å²) in [6, 6.07) is 0. The lowest BCUT2D eigenvalue weighted by Crippen LogP contribution is -2.21. The minimum atomic E-state index is -0.0971. The van der Waals surface area contributed by atoms with Crippen LogP contribution in [-0.2, 0) is 9.47 Å². The first-order chi connectivity index (χ1) is 12.0. The van der Waals surface area contributed by atoms with Crippen LogP contribution in [0.2, 0.25) is 0 Å². The molecule has 5 heteroatoms. The molecule has 0 aromatic carbocycles. The summed E-state index contributed by atoms with van der Waals surface area (Å²) in [5.41, 5.74) is 12.2. The minimum Gasteiger partial charge on any atom is -0.493 e. The molecule has 128 valence electrons. The number of methoxy groups -OCH3 is 2. The molecule has 3 N–H and O–H groups in total. The van der Waals surface area contributed by atoms with E-state index in [2.05, 4.69) is 23.3 Å². The number of nitrogens with one attached hydrogen (secondary N) is 1. The van der Waals surface area contributed by atoms with Gasteiger partial charge in [0.15, 0.2) is 11.5 Å². The fourth-order valence-corrected chi connectivity index (χ4v) is 3.30. The highest BCUT2D eigenvalue weighted by molar-refractivity contribution is 5.99. The SMILES string of the molecule is COC1=CC2=NC=CC(NC3=CC=C(N)[C@]4(C)C=C34)=C(C=C1OC)C2.